The highest BCUT2D eigenvalue weighted by Crippen LogP contribution is 2.39. The minimum absolute atomic E-state index is 0.215. The number of esters is 1. The Balaban J connectivity index is 2.93. The average Bonchev–Trinajstić information content (AvgIpc) is 2.96. The molecule has 0 saturated heterocycles. The van der Waals surface area contributed by atoms with Gasteiger partial charge in [-0.1, -0.05) is 6.92 Å². The lowest BCUT2D eigenvalue weighted by molar-refractivity contribution is -0.135. The second kappa shape index (κ2) is 4.08. The maximum absolute atomic E-state index is 11.2. The zero-order chi connectivity index (χ0) is 9.84. The molecule has 0 aromatic heterocycles. The predicted octanol–water partition coefficient (Wildman–Crippen LogP) is 1.80. The summed E-state index contributed by atoms with van der Waals surface area (Å²) in [7, 11) is 1.31. The average molecular weight is 179 g/mol. The molecule has 0 aromatic rings. The Morgan fingerprint density at radius 1 is 1.62 bits per heavy atom. The van der Waals surface area contributed by atoms with Gasteiger partial charge in [0, 0.05) is 0 Å². The molecular formula is C10H13NO2. The number of allylic oxidation sites excluding steroid dienone is 1. The second-order valence-electron chi connectivity index (χ2n) is 3.13. The van der Waals surface area contributed by atoms with Gasteiger partial charge in [0.05, 0.1) is 7.11 Å². The molecule has 1 aliphatic carbocycles. The maximum Gasteiger partial charge on any atom is 0.348 e. The lowest BCUT2D eigenvalue weighted by Crippen LogP contribution is -2.07. The highest BCUT2D eigenvalue weighted by molar-refractivity contribution is 5.93. The van der Waals surface area contributed by atoms with Gasteiger partial charge in [-0.25, -0.2) is 4.79 Å². The normalized spacial score (nSPS) is 17.3. The molecule has 0 radical (unpaired) electrons. The third-order valence-electron chi connectivity index (χ3n) is 2.27. The number of nitrogens with zero attached hydrogens (tertiary/aromatic N) is 1. The summed E-state index contributed by atoms with van der Waals surface area (Å²) >= 11 is 0. The number of ether oxygens (including phenoxy) is 1. The van der Waals surface area contributed by atoms with E-state index in [0.717, 1.165) is 24.8 Å². The van der Waals surface area contributed by atoms with Crippen molar-refractivity contribution in [1.82, 2.24) is 0 Å². The summed E-state index contributed by atoms with van der Waals surface area (Å²) in [6, 6.07) is 1.93. The quantitative estimate of drug-likeness (QED) is 0.377. The first-order chi connectivity index (χ1) is 6.24. The van der Waals surface area contributed by atoms with Crippen LogP contribution in [0.1, 0.15) is 26.2 Å². The van der Waals surface area contributed by atoms with Crippen molar-refractivity contribution in [3.63, 3.8) is 0 Å². The molecule has 1 rings (SSSR count). The Hall–Kier alpha value is -1.30. The molecule has 1 aliphatic rings. The number of carbonyl (C=O) groups is 1. The lowest BCUT2D eigenvalue weighted by Gasteiger charge is -2.04. The van der Waals surface area contributed by atoms with Crippen LogP contribution in [-0.2, 0) is 9.53 Å². The predicted molar refractivity (Wildman–Crippen MR) is 47.7 cm³/mol. The Kier molecular flexibility index (Phi) is 3.07. The van der Waals surface area contributed by atoms with E-state index in [2.05, 4.69) is 4.74 Å². The monoisotopic (exact) mass is 179 g/mol. The van der Waals surface area contributed by atoms with Gasteiger partial charge in [-0.05, 0) is 30.8 Å². The third-order valence-corrected chi connectivity index (χ3v) is 2.27. The van der Waals surface area contributed by atoms with Gasteiger partial charge >= 0.3 is 5.97 Å². The topological polar surface area (TPSA) is 50.1 Å². The number of hydrogen-bond donors (Lipinski definition) is 0. The van der Waals surface area contributed by atoms with Crippen molar-refractivity contribution in [3.8, 4) is 6.07 Å². The number of nitriles is 1. The molecule has 0 unspecified atom stereocenters. The van der Waals surface area contributed by atoms with Crippen LogP contribution < -0.4 is 0 Å². The molecule has 13 heavy (non-hydrogen) atoms. The van der Waals surface area contributed by atoms with Crippen molar-refractivity contribution in [2.24, 2.45) is 5.92 Å². The van der Waals surface area contributed by atoms with Crippen LogP contribution in [0, 0.1) is 17.2 Å². The van der Waals surface area contributed by atoms with Crippen LogP contribution in [0.2, 0.25) is 0 Å². The van der Waals surface area contributed by atoms with Crippen LogP contribution in [0.3, 0.4) is 0 Å². The minimum Gasteiger partial charge on any atom is -0.465 e. The van der Waals surface area contributed by atoms with Gasteiger partial charge in [0.1, 0.15) is 11.6 Å². The zero-order valence-electron chi connectivity index (χ0n) is 7.96. The fourth-order valence-electron chi connectivity index (χ4n) is 1.45. The Morgan fingerprint density at radius 3 is 2.54 bits per heavy atom. The van der Waals surface area contributed by atoms with Gasteiger partial charge in [-0.15, -0.1) is 0 Å². The zero-order valence-corrected chi connectivity index (χ0v) is 7.96. The van der Waals surface area contributed by atoms with Gasteiger partial charge in [0.25, 0.3) is 0 Å². The molecule has 3 nitrogen and oxygen atoms in total. The van der Waals surface area contributed by atoms with Crippen LogP contribution in [-0.4, -0.2) is 13.1 Å². The van der Waals surface area contributed by atoms with Crippen molar-refractivity contribution in [2.75, 3.05) is 7.11 Å². The Morgan fingerprint density at radius 2 is 2.23 bits per heavy atom. The molecule has 0 spiro atoms. The van der Waals surface area contributed by atoms with E-state index in [1.165, 1.54) is 7.11 Å². The van der Waals surface area contributed by atoms with E-state index in [9.17, 15) is 4.79 Å². The summed E-state index contributed by atoms with van der Waals surface area (Å²) in [5, 5.41) is 8.80. The Bertz CT molecular complexity index is 282. The first kappa shape index (κ1) is 9.79. The van der Waals surface area contributed by atoms with Crippen molar-refractivity contribution < 1.29 is 9.53 Å². The van der Waals surface area contributed by atoms with Crippen molar-refractivity contribution in [2.45, 2.75) is 26.2 Å². The molecule has 0 bridgehead atoms. The van der Waals surface area contributed by atoms with Crippen molar-refractivity contribution in [3.05, 3.63) is 11.1 Å². The van der Waals surface area contributed by atoms with E-state index < -0.39 is 5.97 Å². The van der Waals surface area contributed by atoms with Gasteiger partial charge in [0.2, 0.25) is 0 Å². The number of rotatable bonds is 3. The molecule has 0 N–H and O–H groups in total. The van der Waals surface area contributed by atoms with E-state index in [4.69, 9.17) is 5.26 Å². The molecule has 0 atom stereocenters. The van der Waals surface area contributed by atoms with Crippen LogP contribution in [0.15, 0.2) is 11.1 Å². The van der Waals surface area contributed by atoms with Crippen molar-refractivity contribution >= 4 is 5.97 Å². The van der Waals surface area contributed by atoms with E-state index in [0.29, 0.717) is 5.92 Å². The standard InChI is InChI=1S/C10H13NO2/c1-3-8(7-4-5-7)9(6-11)10(12)13-2/h7H,3-5H2,1-2H3. The number of methoxy groups -OCH3 is 1. The molecule has 3 heteroatoms. The molecule has 0 aliphatic heterocycles. The molecule has 70 valence electrons. The minimum atomic E-state index is -0.494. The van der Waals surface area contributed by atoms with Crippen LogP contribution in [0.4, 0.5) is 0 Å². The largest absolute Gasteiger partial charge is 0.465 e. The second-order valence-corrected chi connectivity index (χ2v) is 3.13. The summed E-state index contributed by atoms with van der Waals surface area (Å²) in [6.45, 7) is 1.97. The van der Waals surface area contributed by atoms with Crippen molar-refractivity contribution in [1.29, 1.82) is 5.26 Å². The van der Waals surface area contributed by atoms with Gasteiger partial charge in [-0.3, -0.25) is 0 Å². The summed E-state index contributed by atoms with van der Waals surface area (Å²) in [4.78, 5) is 11.2. The van der Waals surface area contributed by atoms with Crippen LogP contribution in [0.5, 0.6) is 0 Å². The molecule has 1 fully saturated rings. The number of carbonyl (C=O) groups excluding carboxylic acids is 1. The van der Waals surface area contributed by atoms with Crippen LogP contribution in [0.25, 0.3) is 0 Å². The third kappa shape index (κ3) is 2.09. The van der Waals surface area contributed by atoms with Gasteiger partial charge in [-0.2, -0.15) is 5.26 Å². The Labute approximate surface area is 78.0 Å². The lowest BCUT2D eigenvalue weighted by atomic mass is 10.0. The fraction of sp³-hybridized carbons (Fsp3) is 0.600. The highest BCUT2D eigenvalue weighted by atomic mass is 16.5. The summed E-state index contributed by atoms with van der Waals surface area (Å²) in [5.74, 6) is -0.0370. The summed E-state index contributed by atoms with van der Waals surface area (Å²) < 4.78 is 4.54. The van der Waals surface area contributed by atoms with Gasteiger partial charge in [0.15, 0.2) is 0 Å². The molecule has 0 aromatic carbocycles. The van der Waals surface area contributed by atoms with E-state index in [1.807, 2.05) is 13.0 Å². The maximum atomic E-state index is 11.2. The molecule has 1 saturated carbocycles. The fourth-order valence-corrected chi connectivity index (χ4v) is 1.45. The summed E-state index contributed by atoms with van der Waals surface area (Å²) in [6.07, 6.45) is 2.97. The smallest absolute Gasteiger partial charge is 0.348 e. The van der Waals surface area contributed by atoms with E-state index in [-0.39, 0.29) is 5.57 Å². The molecule has 0 heterocycles. The highest BCUT2D eigenvalue weighted by Gasteiger charge is 2.29. The van der Waals surface area contributed by atoms with E-state index >= 15 is 0 Å². The molecule has 0 amide bonds. The first-order valence-corrected chi connectivity index (χ1v) is 4.46. The van der Waals surface area contributed by atoms with Gasteiger partial charge < -0.3 is 4.74 Å². The SMILES string of the molecule is CCC(=C(C#N)C(=O)OC)C1CC1. The molecular weight excluding hydrogens is 166 g/mol. The van der Waals surface area contributed by atoms with E-state index in [1.54, 1.807) is 0 Å². The first-order valence-electron chi connectivity index (χ1n) is 4.46. The summed E-state index contributed by atoms with van der Waals surface area (Å²) in [5.41, 5.74) is 1.18. The number of hydrogen-bond acceptors (Lipinski definition) is 3. The van der Waals surface area contributed by atoms with Crippen LogP contribution >= 0.6 is 0 Å².